The second kappa shape index (κ2) is 10.3. The lowest BCUT2D eigenvalue weighted by atomic mass is 9.92. The summed E-state index contributed by atoms with van der Waals surface area (Å²) in [5, 5.41) is 10.3. The number of rotatable bonds is 6. The van der Waals surface area contributed by atoms with Crippen LogP contribution >= 0.6 is 0 Å². The number of carbonyl (C=O) groups excluding carboxylic acids is 2. The molecule has 178 valence electrons. The molecule has 0 saturated carbocycles. The van der Waals surface area contributed by atoms with Gasteiger partial charge in [0.05, 0.1) is 11.5 Å². The number of aliphatic hydroxyl groups is 1. The van der Waals surface area contributed by atoms with Crippen molar-refractivity contribution in [1.82, 2.24) is 14.7 Å². The highest BCUT2D eigenvalue weighted by Crippen LogP contribution is 2.27. The van der Waals surface area contributed by atoms with Crippen molar-refractivity contribution in [1.29, 1.82) is 0 Å². The Morgan fingerprint density at radius 2 is 1.72 bits per heavy atom. The average Bonchev–Trinajstić information content (AvgIpc) is 2.77. The summed E-state index contributed by atoms with van der Waals surface area (Å²) in [5.74, 6) is -0.584. The van der Waals surface area contributed by atoms with Gasteiger partial charge in [0.2, 0.25) is 5.91 Å². The first kappa shape index (κ1) is 24.6. The van der Waals surface area contributed by atoms with Crippen LogP contribution in [-0.4, -0.2) is 82.0 Å². The van der Waals surface area contributed by atoms with Crippen molar-refractivity contribution in [2.24, 2.45) is 5.92 Å². The highest BCUT2D eigenvalue weighted by atomic mass is 19.1. The van der Waals surface area contributed by atoms with Crippen molar-refractivity contribution in [2.75, 3.05) is 32.7 Å². The highest BCUT2D eigenvalue weighted by Gasteiger charge is 2.40. The van der Waals surface area contributed by atoms with Crippen molar-refractivity contribution in [3.63, 3.8) is 0 Å². The highest BCUT2D eigenvalue weighted by molar-refractivity contribution is 5.94. The Morgan fingerprint density at radius 1 is 1.06 bits per heavy atom. The van der Waals surface area contributed by atoms with E-state index >= 15 is 0 Å². The minimum Gasteiger partial charge on any atom is -0.389 e. The molecule has 2 saturated heterocycles. The number of piperazine rings is 1. The molecule has 1 aromatic rings. The predicted molar refractivity (Wildman–Crippen MR) is 123 cm³/mol. The summed E-state index contributed by atoms with van der Waals surface area (Å²) in [6, 6.07) is 5.92. The van der Waals surface area contributed by atoms with Crippen LogP contribution in [-0.2, 0) is 4.79 Å². The van der Waals surface area contributed by atoms with E-state index in [0.29, 0.717) is 31.7 Å². The summed E-state index contributed by atoms with van der Waals surface area (Å²) in [5.41, 5.74) is -0.320. The molecule has 0 unspecified atom stereocenters. The third kappa shape index (κ3) is 5.87. The molecule has 3 atom stereocenters. The van der Waals surface area contributed by atoms with Crippen molar-refractivity contribution < 1.29 is 19.1 Å². The summed E-state index contributed by atoms with van der Waals surface area (Å²) >= 11 is 0. The fourth-order valence-corrected chi connectivity index (χ4v) is 5.08. The van der Waals surface area contributed by atoms with E-state index < -0.39 is 5.60 Å². The van der Waals surface area contributed by atoms with Crippen LogP contribution in [0.25, 0.3) is 0 Å². The first-order valence-corrected chi connectivity index (χ1v) is 11.9. The van der Waals surface area contributed by atoms with Gasteiger partial charge in [0, 0.05) is 50.4 Å². The fraction of sp³-hybridized carbons (Fsp3) is 0.680. The van der Waals surface area contributed by atoms with Gasteiger partial charge in [0.15, 0.2) is 0 Å². The van der Waals surface area contributed by atoms with E-state index in [1.807, 2.05) is 18.7 Å². The van der Waals surface area contributed by atoms with Gasteiger partial charge in [-0.15, -0.1) is 0 Å². The molecule has 1 aromatic carbocycles. The van der Waals surface area contributed by atoms with Gasteiger partial charge < -0.3 is 14.9 Å². The quantitative estimate of drug-likeness (QED) is 0.728. The van der Waals surface area contributed by atoms with Crippen LogP contribution < -0.4 is 0 Å². The van der Waals surface area contributed by atoms with E-state index in [0.717, 1.165) is 32.2 Å². The maximum Gasteiger partial charge on any atom is 0.253 e. The molecule has 2 fully saturated rings. The lowest BCUT2D eigenvalue weighted by Gasteiger charge is -2.49. The summed E-state index contributed by atoms with van der Waals surface area (Å²) < 4.78 is 13.2. The Bertz CT molecular complexity index is 793. The topological polar surface area (TPSA) is 64.1 Å². The molecule has 0 aliphatic carbocycles. The molecule has 2 amide bonds. The number of piperidine rings is 1. The van der Waals surface area contributed by atoms with Crippen LogP contribution in [0, 0.1) is 11.7 Å². The first-order chi connectivity index (χ1) is 15.1. The number of β-amino-alcohol motifs (C(OH)–C–C–N with tert-alkyl or cyclic N) is 1. The van der Waals surface area contributed by atoms with Crippen LogP contribution in [0.5, 0.6) is 0 Å². The number of hydrogen-bond acceptors (Lipinski definition) is 4. The summed E-state index contributed by atoms with van der Waals surface area (Å²) in [6.07, 6.45) is 3.34. The van der Waals surface area contributed by atoms with Gasteiger partial charge in [-0.1, -0.05) is 13.8 Å². The standard InChI is InChI=1S/C25H38FN3O3/c1-5-21-16-29(22(6-2)15-28(21)17-25(3,4)32)24(31)19-8-7-13-27(14-19)23(30)18-9-11-20(26)12-10-18/h9-12,19,21-22,32H,5-8,13-17H2,1-4H3/t19-,21-,22-/m1/s1. The Hall–Kier alpha value is -1.99. The zero-order valence-corrected chi connectivity index (χ0v) is 19.9. The van der Waals surface area contributed by atoms with Gasteiger partial charge in [-0.25, -0.2) is 4.39 Å². The van der Waals surface area contributed by atoms with Crippen LogP contribution in [0.1, 0.15) is 63.7 Å². The molecule has 2 heterocycles. The Balaban J connectivity index is 1.69. The van der Waals surface area contributed by atoms with E-state index in [-0.39, 0.29) is 35.6 Å². The van der Waals surface area contributed by atoms with Crippen LogP contribution in [0.2, 0.25) is 0 Å². The van der Waals surface area contributed by atoms with Gasteiger partial charge in [-0.3, -0.25) is 14.5 Å². The minimum absolute atomic E-state index is 0.107. The number of nitrogens with zero attached hydrogens (tertiary/aromatic N) is 3. The van der Waals surface area contributed by atoms with E-state index in [1.54, 1.807) is 4.90 Å². The normalized spacial score (nSPS) is 25.1. The molecule has 3 rings (SSSR count). The van der Waals surface area contributed by atoms with Crippen molar-refractivity contribution in [2.45, 2.75) is 71.1 Å². The number of hydrogen-bond donors (Lipinski definition) is 1. The van der Waals surface area contributed by atoms with E-state index in [9.17, 15) is 19.1 Å². The van der Waals surface area contributed by atoms with Gasteiger partial charge in [-0.2, -0.15) is 0 Å². The van der Waals surface area contributed by atoms with E-state index in [2.05, 4.69) is 18.7 Å². The lowest BCUT2D eigenvalue weighted by molar-refractivity contribution is -0.145. The van der Waals surface area contributed by atoms with Gasteiger partial charge in [0.25, 0.3) is 5.91 Å². The third-order valence-corrected chi connectivity index (χ3v) is 6.77. The van der Waals surface area contributed by atoms with Crippen LogP contribution in [0.4, 0.5) is 4.39 Å². The van der Waals surface area contributed by atoms with E-state index in [1.165, 1.54) is 24.3 Å². The summed E-state index contributed by atoms with van der Waals surface area (Å²) in [4.78, 5) is 32.6. The van der Waals surface area contributed by atoms with Gasteiger partial charge in [-0.05, 0) is 63.8 Å². The van der Waals surface area contributed by atoms with Crippen molar-refractivity contribution >= 4 is 11.8 Å². The minimum atomic E-state index is -0.775. The number of halogens is 1. The predicted octanol–water partition coefficient (Wildman–Crippen LogP) is 3.15. The number of carbonyl (C=O) groups is 2. The SMILES string of the molecule is CC[C@@H]1CN(C(=O)[C@@H]2CCCN(C(=O)c3ccc(F)cc3)C2)[C@H](CC)CN1CC(C)(C)O. The largest absolute Gasteiger partial charge is 0.389 e. The second-order valence-corrected chi connectivity index (χ2v) is 9.95. The van der Waals surface area contributed by atoms with E-state index in [4.69, 9.17) is 0 Å². The second-order valence-electron chi connectivity index (χ2n) is 9.95. The number of benzene rings is 1. The van der Waals surface area contributed by atoms with Crippen LogP contribution in [0.15, 0.2) is 24.3 Å². The van der Waals surface area contributed by atoms with Gasteiger partial charge in [0.1, 0.15) is 5.82 Å². The summed E-state index contributed by atoms with van der Waals surface area (Å²) in [7, 11) is 0. The third-order valence-electron chi connectivity index (χ3n) is 6.77. The molecule has 2 aliphatic heterocycles. The van der Waals surface area contributed by atoms with Crippen LogP contribution in [0.3, 0.4) is 0 Å². The number of amides is 2. The zero-order chi connectivity index (χ0) is 23.5. The maximum atomic E-state index is 13.6. The smallest absolute Gasteiger partial charge is 0.253 e. The maximum absolute atomic E-state index is 13.6. The van der Waals surface area contributed by atoms with Crippen molar-refractivity contribution in [3.8, 4) is 0 Å². The average molecular weight is 448 g/mol. The molecular formula is C25H38FN3O3. The Kier molecular flexibility index (Phi) is 7.93. The first-order valence-electron chi connectivity index (χ1n) is 11.9. The summed E-state index contributed by atoms with van der Waals surface area (Å²) in [6.45, 7) is 10.9. The molecule has 0 spiro atoms. The molecule has 2 aliphatic rings. The molecule has 6 nitrogen and oxygen atoms in total. The Labute approximate surface area is 191 Å². The fourth-order valence-electron chi connectivity index (χ4n) is 5.08. The monoisotopic (exact) mass is 447 g/mol. The van der Waals surface area contributed by atoms with Gasteiger partial charge >= 0.3 is 0 Å². The van der Waals surface area contributed by atoms with Crippen molar-refractivity contribution in [3.05, 3.63) is 35.6 Å². The number of likely N-dealkylation sites (tertiary alicyclic amines) is 1. The zero-order valence-electron chi connectivity index (χ0n) is 19.9. The lowest BCUT2D eigenvalue weighted by Crippen LogP contribution is -2.63. The Morgan fingerprint density at radius 3 is 2.31 bits per heavy atom. The molecule has 7 heteroatoms. The molecular weight excluding hydrogens is 409 g/mol. The molecule has 0 aromatic heterocycles. The molecule has 32 heavy (non-hydrogen) atoms. The molecule has 0 radical (unpaired) electrons. The molecule has 0 bridgehead atoms. The molecule has 1 N–H and O–H groups in total.